The molecule has 0 spiro atoms. The summed E-state index contributed by atoms with van der Waals surface area (Å²) in [7, 11) is 1.61. The highest BCUT2D eigenvalue weighted by atomic mass is 16.5. The van der Waals surface area contributed by atoms with Gasteiger partial charge in [-0.1, -0.05) is 6.07 Å². The van der Waals surface area contributed by atoms with E-state index in [0.29, 0.717) is 19.6 Å². The molecule has 82 valence electrons. The number of carbonyl (C=O) groups is 1. The summed E-state index contributed by atoms with van der Waals surface area (Å²) in [6, 6.07) is 3.84. The van der Waals surface area contributed by atoms with Crippen molar-refractivity contribution in [2.24, 2.45) is 0 Å². The lowest BCUT2D eigenvalue weighted by Crippen LogP contribution is -2.27. The van der Waals surface area contributed by atoms with Gasteiger partial charge in [-0.15, -0.1) is 0 Å². The molecule has 0 saturated carbocycles. The maximum Gasteiger partial charge on any atom is 0.220 e. The number of aromatic nitrogens is 1. The number of amides is 1. The van der Waals surface area contributed by atoms with Gasteiger partial charge in [-0.05, 0) is 18.1 Å². The van der Waals surface area contributed by atoms with Crippen LogP contribution in [-0.2, 0) is 16.0 Å². The molecule has 0 saturated heterocycles. The van der Waals surface area contributed by atoms with Crippen LogP contribution in [0.1, 0.15) is 12.0 Å². The monoisotopic (exact) mass is 208 g/mol. The second kappa shape index (κ2) is 6.95. The van der Waals surface area contributed by atoms with E-state index in [1.54, 1.807) is 19.5 Å². The Hall–Kier alpha value is -1.42. The first-order valence-electron chi connectivity index (χ1n) is 4.97. The summed E-state index contributed by atoms with van der Waals surface area (Å²) in [5.41, 5.74) is 1.08. The third-order valence-electron chi connectivity index (χ3n) is 1.99. The summed E-state index contributed by atoms with van der Waals surface area (Å²) in [5, 5.41) is 2.77. The fraction of sp³-hybridized carbons (Fsp3) is 0.455. The Labute approximate surface area is 89.7 Å². The van der Waals surface area contributed by atoms with Crippen LogP contribution in [0.15, 0.2) is 24.5 Å². The summed E-state index contributed by atoms with van der Waals surface area (Å²) in [6.07, 6.45) is 4.73. The number of rotatable bonds is 6. The van der Waals surface area contributed by atoms with Crippen molar-refractivity contribution in [3.05, 3.63) is 30.1 Å². The maximum atomic E-state index is 11.3. The molecule has 0 aliphatic heterocycles. The smallest absolute Gasteiger partial charge is 0.220 e. The number of nitrogens with one attached hydrogen (secondary N) is 1. The zero-order valence-corrected chi connectivity index (χ0v) is 8.90. The number of methoxy groups -OCH3 is 1. The van der Waals surface area contributed by atoms with E-state index in [9.17, 15) is 4.79 Å². The molecule has 4 heteroatoms. The lowest BCUT2D eigenvalue weighted by molar-refractivity contribution is -0.121. The highest BCUT2D eigenvalue weighted by Gasteiger charge is 2.00. The highest BCUT2D eigenvalue weighted by Crippen LogP contribution is 1.99. The summed E-state index contributed by atoms with van der Waals surface area (Å²) in [4.78, 5) is 15.3. The zero-order chi connectivity index (χ0) is 10.9. The van der Waals surface area contributed by atoms with Gasteiger partial charge in [0.2, 0.25) is 5.91 Å². The Bertz CT molecular complexity index is 288. The minimum atomic E-state index is 0.0518. The standard InChI is InChI=1S/C11H16N2O2/c1-15-8-7-13-11(14)5-4-10-3-2-6-12-9-10/h2-3,6,9H,4-5,7-8H2,1H3,(H,13,14). The molecule has 15 heavy (non-hydrogen) atoms. The van der Waals surface area contributed by atoms with Crippen molar-refractivity contribution in [3.8, 4) is 0 Å². The van der Waals surface area contributed by atoms with Crippen LogP contribution in [0.3, 0.4) is 0 Å². The van der Waals surface area contributed by atoms with Gasteiger partial charge in [0.05, 0.1) is 6.61 Å². The van der Waals surface area contributed by atoms with Gasteiger partial charge in [0.25, 0.3) is 0 Å². The first-order valence-corrected chi connectivity index (χ1v) is 4.97. The summed E-state index contributed by atoms with van der Waals surface area (Å²) < 4.78 is 4.83. The topological polar surface area (TPSA) is 51.2 Å². The molecule has 0 radical (unpaired) electrons. The van der Waals surface area contributed by atoms with Gasteiger partial charge in [-0.3, -0.25) is 9.78 Å². The number of aryl methyl sites for hydroxylation is 1. The van der Waals surface area contributed by atoms with E-state index in [4.69, 9.17) is 4.74 Å². The van der Waals surface area contributed by atoms with Crippen LogP contribution >= 0.6 is 0 Å². The second-order valence-corrected chi connectivity index (χ2v) is 3.20. The lowest BCUT2D eigenvalue weighted by Gasteiger charge is -2.03. The molecule has 0 fully saturated rings. The number of hydrogen-bond acceptors (Lipinski definition) is 3. The average Bonchev–Trinajstić information content (AvgIpc) is 2.28. The molecule has 0 aliphatic carbocycles. The highest BCUT2D eigenvalue weighted by molar-refractivity contribution is 5.76. The van der Waals surface area contributed by atoms with Gasteiger partial charge < -0.3 is 10.1 Å². The normalized spacial score (nSPS) is 9.93. The quantitative estimate of drug-likeness (QED) is 0.703. The predicted molar refractivity (Wildman–Crippen MR) is 57.4 cm³/mol. The number of carbonyl (C=O) groups excluding carboxylic acids is 1. The Morgan fingerprint density at radius 2 is 2.47 bits per heavy atom. The molecule has 1 aromatic heterocycles. The number of nitrogens with zero attached hydrogens (tertiary/aromatic N) is 1. The van der Waals surface area contributed by atoms with Crippen LogP contribution < -0.4 is 5.32 Å². The van der Waals surface area contributed by atoms with E-state index in [0.717, 1.165) is 12.0 Å². The van der Waals surface area contributed by atoms with Gasteiger partial charge in [0.1, 0.15) is 0 Å². The SMILES string of the molecule is COCCNC(=O)CCc1cccnc1. The van der Waals surface area contributed by atoms with Crippen molar-refractivity contribution in [1.82, 2.24) is 10.3 Å². The molecular weight excluding hydrogens is 192 g/mol. The predicted octanol–water partition coefficient (Wildman–Crippen LogP) is 0.777. The van der Waals surface area contributed by atoms with E-state index in [-0.39, 0.29) is 5.91 Å². The van der Waals surface area contributed by atoms with Gasteiger partial charge in [-0.25, -0.2) is 0 Å². The Kier molecular flexibility index (Phi) is 5.40. The first-order chi connectivity index (χ1) is 7.33. The van der Waals surface area contributed by atoms with Crippen LogP contribution in [0.5, 0.6) is 0 Å². The molecule has 0 bridgehead atoms. The van der Waals surface area contributed by atoms with Crippen LogP contribution in [0, 0.1) is 0 Å². The van der Waals surface area contributed by atoms with Crippen molar-refractivity contribution in [2.45, 2.75) is 12.8 Å². The molecule has 0 aliphatic rings. The second-order valence-electron chi connectivity index (χ2n) is 3.20. The number of ether oxygens (including phenoxy) is 1. The third-order valence-corrected chi connectivity index (χ3v) is 1.99. The first kappa shape index (κ1) is 11.7. The lowest BCUT2D eigenvalue weighted by atomic mass is 10.1. The van der Waals surface area contributed by atoms with E-state index in [1.165, 1.54) is 0 Å². The molecule has 1 rings (SSSR count). The molecule has 0 atom stereocenters. The van der Waals surface area contributed by atoms with Gasteiger partial charge >= 0.3 is 0 Å². The van der Waals surface area contributed by atoms with Crippen molar-refractivity contribution >= 4 is 5.91 Å². The number of hydrogen-bond donors (Lipinski definition) is 1. The van der Waals surface area contributed by atoms with E-state index < -0.39 is 0 Å². The molecule has 0 aromatic carbocycles. The summed E-state index contributed by atoms with van der Waals surface area (Å²) in [5.74, 6) is 0.0518. The van der Waals surface area contributed by atoms with E-state index in [2.05, 4.69) is 10.3 Å². The Morgan fingerprint density at radius 3 is 3.13 bits per heavy atom. The molecule has 1 aromatic rings. The van der Waals surface area contributed by atoms with Crippen molar-refractivity contribution < 1.29 is 9.53 Å². The van der Waals surface area contributed by atoms with Gasteiger partial charge in [-0.2, -0.15) is 0 Å². The zero-order valence-electron chi connectivity index (χ0n) is 8.90. The molecular formula is C11H16N2O2. The van der Waals surface area contributed by atoms with Crippen molar-refractivity contribution in [2.75, 3.05) is 20.3 Å². The third kappa shape index (κ3) is 5.12. The molecule has 4 nitrogen and oxygen atoms in total. The molecule has 0 unspecified atom stereocenters. The summed E-state index contributed by atoms with van der Waals surface area (Å²) >= 11 is 0. The van der Waals surface area contributed by atoms with Gasteiger partial charge in [0, 0.05) is 32.5 Å². The van der Waals surface area contributed by atoms with Crippen molar-refractivity contribution in [1.29, 1.82) is 0 Å². The Balaban J connectivity index is 2.17. The average molecular weight is 208 g/mol. The van der Waals surface area contributed by atoms with Crippen LogP contribution in [0.4, 0.5) is 0 Å². The van der Waals surface area contributed by atoms with Crippen molar-refractivity contribution in [3.63, 3.8) is 0 Å². The number of pyridine rings is 1. The van der Waals surface area contributed by atoms with Crippen LogP contribution in [0.25, 0.3) is 0 Å². The van der Waals surface area contributed by atoms with E-state index >= 15 is 0 Å². The molecule has 1 amide bonds. The summed E-state index contributed by atoms with van der Waals surface area (Å²) in [6.45, 7) is 1.13. The fourth-order valence-electron chi connectivity index (χ4n) is 1.18. The minimum Gasteiger partial charge on any atom is -0.383 e. The Morgan fingerprint density at radius 1 is 1.60 bits per heavy atom. The minimum absolute atomic E-state index is 0.0518. The van der Waals surface area contributed by atoms with E-state index in [1.807, 2.05) is 12.1 Å². The molecule has 1 N–H and O–H groups in total. The van der Waals surface area contributed by atoms with Crippen LogP contribution in [0.2, 0.25) is 0 Å². The molecule has 1 heterocycles. The van der Waals surface area contributed by atoms with Crippen LogP contribution in [-0.4, -0.2) is 31.2 Å². The largest absolute Gasteiger partial charge is 0.383 e. The fourth-order valence-corrected chi connectivity index (χ4v) is 1.18. The maximum absolute atomic E-state index is 11.3. The van der Waals surface area contributed by atoms with Gasteiger partial charge in [0.15, 0.2) is 0 Å².